The average molecular weight is 416 g/mol. The topological polar surface area (TPSA) is 75.4 Å². The lowest BCUT2D eigenvalue weighted by Gasteiger charge is -2.18. The van der Waals surface area contributed by atoms with Crippen LogP contribution in [0.4, 0.5) is 4.39 Å². The summed E-state index contributed by atoms with van der Waals surface area (Å²) in [6.45, 7) is 2.27. The Kier molecular flexibility index (Phi) is 6.61. The van der Waals surface area contributed by atoms with Gasteiger partial charge in [-0.25, -0.2) is 4.39 Å². The molecule has 0 aliphatic carbocycles. The zero-order valence-electron chi connectivity index (χ0n) is 15.7. The number of likely N-dealkylation sites (N-methyl/N-ethyl adjacent to an activating group) is 1. The summed E-state index contributed by atoms with van der Waals surface area (Å²) >= 11 is 5.84. The van der Waals surface area contributed by atoms with E-state index in [1.807, 2.05) is 12.1 Å². The predicted octanol–water partition coefficient (Wildman–Crippen LogP) is 3.91. The van der Waals surface area contributed by atoms with Crippen molar-refractivity contribution in [3.05, 3.63) is 76.8 Å². The second kappa shape index (κ2) is 9.34. The van der Waals surface area contributed by atoms with Gasteiger partial charge >= 0.3 is 0 Å². The van der Waals surface area contributed by atoms with Gasteiger partial charge in [0.15, 0.2) is 0 Å². The molecule has 0 aliphatic heterocycles. The fraction of sp³-hybridized carbons (Fsp3) is 0.190. The van der Waals surface area contributed by atoms with E-state index in [-0.39, 0.29) is 18.2 Å². The van der Waals surface area contributed by atoms with Crippen molar-refractivity contribution in [3.8, 4) is 11.3 Å². The molecular formula is C21H19ClFN3O3. The lowest BCUT2D eigenvalue weighted by Crippen LogP contribution is -2.40. The van der Waals surface area contributed by atoms with E-state index in [2.05, 4.69) is 10.5 Å². The Morgan fingerprint density at radius 3 is 2.62 bits per heavy atom. The van der Waals surface area contributed by atoms with Crippen LogP contribution >= 0.6 is 11.6 Å². The molecule has 6 nitrogen and oxygen atoms in total. The third-order valence-corrected chi connectivity index (χ3v) is 4.50. The predicted molar refractivity (Wildman–Crippen MR) is 107 cm³/mol. The Morgan fingerprint density at radius 2 is 1.93 bits per heavy atom. The van der Waals surface area contributed by atoms with E-state index in [4.69, 9.17) is 16.1 Å². The maximum absolute atomic E-state index is 13.4. The minimum absolute atomic E-state index is 0.0170. The quantitative estimate of drug-likeness (QED) is 0.634. The molecule has 0 bridgehead atoms. The van der Waals surface area contributed by atoms with E-state index in [0.717, 1.165) is 5.56 Å². The number of benzene rings is 2. The molecule has 150 valence electrons. The third kappa shape index (κ3) is 5.42. The highest BCUT2D eigenvalue weighted by molar-refractivity contribution is 6.30. The molecule has 1 N–H and O–H groups in total. The fourth-order valence-electron chi connectivity index (χ4n) is 2.68. The molecule has 0 fully saturated rings. The van der Waals surface area contributed by atoms with Gasteiger partial charge in [0.1, 0.15) is 11.5 Å². The summed E-state index contributed by atoms with van der Waals surface area (Å²) in [6, 6.07) is 14.4. The van der Waals surface area contributed by atoms with Crippen LogP contribution in [0.3, 0.4) is 0 Å². The van der Waals surface area contributed by atoms with E-state index in [1.165, 1.54) is 23.1 Å². The molecule has 3 rings (SSSR count). The van der Waals surface area contributed by atoms with E-state index in [9.17, 15) is 14.0 Å². The number of hydrogen-bond donors (Lipinski definition) is 1. The Balaban J connectivity index is 1.61. The first-order valence-corrected chi connectivity index (χ1v) is 9.37. The molecule has 3 aromatic rings. The summed E-state index contributed by atoms with van der Waals surface area (Å²) in [7, 11) is 0. The highest BCUT2D eigenvalue weighted by Gasteiger charge is 2.22. The zero-order valence-corrected chi connectivity index (χ0v) is 16.4. The van der Waals surface area contributed by atoms with Crippen molar-refractivity contribution < 1.29 is 18.5 Å². The number of rotatable bonds is 7. The van der Waals surface area contributed by atoms with Crippen LogP contribution in [-0.2, 0) is 11.3 Å². The minimum atomic E-state index is -0.468. The number of aromatic nitrogens is 1. The van der Waals surface area contributed by atoms with Gasteiger partial charge in [-0.2, -0.15) is 0 Å². The molecule has 1 heterocycles. The Morgan fingerprint density at radius 1 is 1.17 bits per heavy atom. The van der Waals surface area contributed by atoms with Gasteiger partial charge in [0, 0.05) is 29.7 Å². The molecule has 0 unspecified atom stereocenters. The Bertz CT molecular complexity index is 1000. The lowest BCUT2D eigenvalue weighted by molar-refractivity contribution is -0.121. The number of nitrogens with one attached hydrogen (secondary N) is 1. The SMILES string of the molecule is CCN(CC(=O)NCc1ccc(Cl)cc1)C(=O)c1cc(-c2cccc(F)c2)no1. The summed E-state index contributed by atoms with van der Waals surface area (Å²) in [6.07, 6.45) is 0. The first kappa shape index (κ1) is 20.5. The average Bonchev–Trinajstić information content (AvgIpc) is 3.21. The number of amides is 2. The summed E-state index contributed by atoms with van der Waals surface area (Å²) in [5.41, 5.74) is 1.74. The summed E-state index contributed by atoms with van der Waals surface area (Å²) < 4.78 is 18.5. The Labute approximate surface area is 172 Å². The minimum Gasteiger partial charge on any atom is -0.350 e. The van der Waals surface area contributed by atoms with Crippen LogP contribution in [0.1, 0.15) is 23.0 Å². The van der Waals surface area contributed by atoms with E-state index in [1.54, 1.807) is 31.2 Å². The first-order valence-electron chi connectivity index (χ1n) is 8.99. The second-order valence-electron chi connectivity index (χ2n) is 6.31. The van der Waals surface area contributed by atoms with Gasteiger partial charge in [-0.3, -0.25) is 9.59 Å². The zero-order chi connectivity index (χ0) is 20.8. The van der Waals surface area contributed by atoms with Crippen LogP contribution < -0.4 is 5.32 Å². The van der Waals surface area contributed by atoms with Crippen molar-refractivity contribution in [1.29, 1.82) is 0 Å². The number of hydrogen-bond acceptors (Lipinski definition) is 4. The smallest absolute Gasteiger partial charge is 0.292 e. The Hall–Kier alpha value is -3.19. The van der Waals surface area contributed by atoms with Gasteiger partial charge in [0.25, 0.3) is 5.91 Å². The van der Waals surface area contributed by atoms with E-state index in [0.29, 0.717) is 29.4 Å². The van der Waals surface area contributed by atoms with Crippen LogP contribution in [0.5, 0.6) is 0 Å². The standard InChI is InChI=1S/C21H19ClFN3O3/c1-2-26(13-20(27)24-12-14-6-8-16(22)9-7-14)21(28)19-11-18(25-29-19)15-4-3-5-17(23)10-15/h3-11H,2,12-13H2,1H3,(H,24,27). The van der Waals surface area contributed by atoms with Crippen LogP contribution in [0.2, 0.25) is 5.02 Å². The molecule has 8 heteroatoms. The van der Waals surface area contributed by atoms with Gasteiger partial charge in [-0.05, 0) is 36.8 Å². The van der Waals surface area contributed by atoms with Crippen molar-refractivity contribution in [2.45, 2.75) is 13.5 Å². The second-order valence-corrected chi connectivity index (χ2v) is 6.75. The lowest BCUT2D eigenvalue weighted by atomic mass is 10.1. The molecule has 2 amide bonds. The molecule has 0 atom stereocenters. The number of halogens is 2. The fourth-order valence-corrected chi connectivity index (χ4v) is 2.80. The molecule has 0 spiro atoms. The highest BCUT2D eigenvalue weighted by atomic mass is 35.5. The summed E-state index contributed by atoms with van der Waals surface area (Å²) in [4.78, 5) is 26.2. The van der Waals surface area contributed by atoms with Gasteiger partial charge < -0.3 is 14.7 Å². The molecule has 0 aliphatic rings. The molecule has 29 heavy (non-hydrogen) atoms. The molecule has 1 aromatic heterocycles. The normalized spacial score (nSPS) is 10.6. The third-order valence-electron chi connectivity index (χ3n) is 4.25. The number of carbonyl (C=O) groups excluding carboxylic acids is 2. The first-order chi connectivity index (χ1) is 14.0. The molecule has 2 aromatic carbocycles. The monoisotopic (exact) mass is 415 g/mol. The van der Waals surface area contributed by atoms with Gasteiger partial charge in [0.2, 0.25) is 11.7 Å². The highest BCUT2D eigenvalue weighted by Crippen LogP contribution is 2.20. The molecule has 0 radical (unpaired) electrons. The van der Waals surface area contributed by atoms with E-state index < -0.39 is 11.7 Å². The van der Waals surface area contributed by atoms with Crippen molar-refractivity contribution in [2.75, 3.05) is 13.1 Å². The van der Waals surface area contributed by atoms with Crippen molar-refractivity contribution >= 4 is 23.4 Å². The van der Waals surface area contributed by atoms with Gasteiger partial charge in [-0.15, -0.1) is 0 Å². The van der Waals surface area contributed by atoms with Crippen molar-refractivity contribution in [2.24, 2.45) is 0 Å². The maximum atomic E-state index is 13.4. The number of nitrogens with zero attached hydrogens (tertiary/aromatic N) is 2. The summed E-state index contributed by atoms with van der Waals surface area (Å²) in [5, 5.41) is 7.21. The van der Waals surface area contributed by atoms with Crippen LogP contribution in [0.25, 0.3) is 11.3 Å². The molecule has 0 saturated heterocycles. The van der Waals surface area contributed by atoms with Crippen molar-refractivity contribution in [3.63, 3.8) is 0 Å². The van der Waals surface area contributed by atoms with Crippen LogP contribution in [0, 0.1) is 5.82 Å². The van der Waals surface area contributed by atoms with Crippen molar-refractivity contribution in [1.82, 2.24) is 15.4 Å². The molecular weight excluding hydrogens is 397 g/mol. The van der Waals surface area contributed by atoms with Gasteiger partial charge in [-0.1, -0.05) is 41.0 Å². The maximum Gasteiger partial charge on any atom is 0.292 e. The van der Waals surface area contributed by atoms with Crippen LogP contribution in [-0.4, -0.2) is 35.0 Å². The largest absolute Gasteiger partial charge is 0.350 e. The number of carbonyl (C=O) groups is 2. The van der Waals surface area contributed by atoms with Gasteiger partial charge in [0.05, 0.1) is 6.54 Å². The molecule has 0 saturated carbocycles. The van der Waals surface area contributed by atoms with Crippen LogP contribution in [0.15, 0.2) is 59.1 Å². The summed E-state index contributed by atoms with van der Waals surface area (Å²) in [5.74, 6) is -1.20. The van der Waals surface area contributed by atoms with E-state index >= 15 is 0 Å².